The molecule has 0 saturated carbocycles. The van der Waals surface area contributed by atoms with Crippen LogP contribution in [0.2, 0.25) is 4.34 Å². The number of carbonyl (C=O) groups is 1. The molecule has 0 aliphatic rings. The van der Waals surface area contributed by atoms with Crippen molar-refractivity contribution in [1.82, 2.24) is 5.32 Å². The summed E-state index contributed by atoms with van der Waals surface area (Å²) in [5.74, 6) is -0.0308. The molecule has 1 heterocycles. The van der Waals surface area contributed by atoms with Crippen molar-refractivity contribution in [3.63, 3.8) is 0 Å². The van der Waals surface area contributed by atoms with Gasteiger partial charge < -0.3 is 10.4 Å². The van der Waals surface area contributed by atoms with Crippen LogP contribution >= 0.6 is 22.9 Å². The summed E-state index contributed by atoms with van der Waals surface area (Å²) in [5, 5.41) is 12.6. The highest BCUT2D eigenvalue weighted by atomic mass is 35.5. The maximum Gasteiger partial charge on any atom is 0.220 e. The molecule has 1 amide bonds. The number of hydrogen-bond donors (Lipinski definition) is 2. The molecular weight excluding hydrogens is 246 g/mol. The van der Waals surface area contributed by atoms with Gasteiger partial charge in [0.1, 0.15) is 0 Å². The molecule has 5 heteroatoms. The Bertz CT molecular complexity index is 352. The van der Waals surface area contributed by atoms with Gasteiger partial charge in [-0.25, -0.2) is 0 Å². The molecule has 1 aromatic heterocycles. The van der Waals surface area contributed by atoms with Crippen LogP contribution in [-0.4, -0.2) is 17.1 Å². The van der Waals surface area contributed by atoms with Crippen LogP contribution in [0, 0.1) is 0 Å². The van der Waals surface area contributed by atoms with Gasteiger partial charge in [0, 0.05) is 17.3 Å². The quantitative estimate of drug-likeness (QED) is 0.856. The molecule has 0 aromatic carbocycles. The van der Waals surface area contributed by atoms with Crippen LogP contribution in [0.15, 0.2) is 12.1 Å². The topological polar surface area (TPSA) is 49.3 Å². The average molecular weight is 262 g/mol. The van der Waals surface area contributed by atoms with Gasteiger partial charge >= 0.3 is 0 Å². The van der Waals surface area contributed by atoms with Crippen molar-refractivity contribution in [2.45, 2.75) is 38.8 Å². The van der Waals surface area contributed by atoms with Gasteiger partial charge in [-0.3, -0.25) is 4.79 Å². The summed E-state index contributed by atoms with van der Waals surface area (Å²) in [5.41, 5.74) is 0. The van der Waals surface area contributed by atoms with Crippen LogP contribution in [0.5, 0.6) is 0 Å². The van der Waals surface area contributed by atoms with E-state index in [1.54, 1.807) is 12.1 Å². The number of aliphatic hydroxyl groups is 1. The number of rotatable bonds is 5. The number of thiophene rings is 1. The predicted molar refractivity (Wildman–Crippen MR) is 66.8 cm³/mol. The van der Waals surface area contributed by atoms with E-state index in [1.807, 2.05) is 13.8 Å². The van der Waals surface area contributed by atoms with Crippen LogP contribution in [0.3, 0.4) is 0 Å². The Morgan fingerprint density at radius 1 is 1.56 bits per heavy atom. The molecule has 90 valence electrons. The van der Waals surface area contributed by atoms with Crippen molar-refractivity contribution in [3.05, 3.63) is 21.3 Å². The van der Waals surface area contributed by atoms with E-state index in [-0.39, 0.29) is 11.9 Å². The first-order valence-electron chi connectivity index (χ1n) is 5.21. The SMILES string of the molecule is CC(C)NC(=O)CCC(O)c1ccc(Cl)s1. The smallest absolute Gasteiger partial charge is 0.220 e. The highest BCUT2D eigenvalue weighted by Gasteiger charge is 2.12. The van der Waals surface area contributed by atoms with Crippen LogP contribution in [0.4, 0.5) is 0 Å². The molecule has 3 nitrogen and oxygen atoms in total. The van der Waals surface area contributed by atoms with Gasteiger partial charge in [-0.05, 0) is 32.4 Å². The van der Waals surface area contributed by atoms with Gasteiger partial charge in [-0.1, -0.05) is 11.6 Å². The normalized spacial score (nSPS) is 12.8. The molecule has 1 rings (SSSR count). The summed E-state index contributed by atoms with van der Waals surface area (Å²) in [6.45, 7) is 3.82. The van der Waals surface area contributed by atoms with E-state index in [0.29, 0.717) is 17.2 Å². The first-order valence-corrected chi connectivity index (χ1v) is 6.41. The van der Waals surface area contributed by atoms with E-state index in [0.717, 1.165) is 4.88 Å². The lowest BCUT2D eigenvalue weighted by molar-refractivity contribution is -0.122. The number of hydrogen-bond acceptors (Lipinski definition) is 3. The average Bonchev–Trinajstić information content (AvgIpc) is 2.60. The maximum atomic E-state index is 11.3. The van der Waals surface area contributed by atoms with Crippen molar-refractivity contribution < 1.29 is 9.90 Å². The Morgan fingerprint density at radius 2 is 2.25 bits per heavy atom. The van der Waals surface area contributed by atoms with E-state index < -0.39 is 6.10 Å². The Balaban J connectivity index is 2.35. The monoisotopic (exact) mass is 261 g/mol. The predicted octanol–water partition coefficient (Wildman–Crippen LogP) is 2.74. The van der Waals surface area contributed by atoms with Gasteiger partial charge in [-0.15, -0.1) is 11.3 Å². The van der Waals surface area contributed by atoms with Gasteiger partial charge in [0.15, 0.2) is 0 Å². The summed E-state index contributed by atoms with van der Waals surface area (Å²) >= 11 is 7.11. The lowest BCUT2D eigenvalue weighted by Gasteiger charge is -2.10. The van der Waals surface area contributed by atoms with Gasteiger partial charge in [0.05, 0.1) is 10.4 Å². The number of nitrogens with one attached hydrogen (secondary N) is 1. The van der Waals surface area contributed by atoms with Crippen molar-refractivity contribution >= 4 is 28.8 Å². The first-order chi connectivity index (χ1) is 7.49. The van der Waals surface area contributed by atoms with Gasteiger partial charge in [0.25, 0.3) is 0 Å². The second-order valence-corrected chi connectivity index (χ2v) is 5.67. The fourth-order valence-corrected chi connectivity index (χ4v) is 2.39. The minimum absolute atomic E-state index is 0.0308. The molecule has 0 aliphatic carbocycles. The Morgan fingerprint density at radius 3 is 2.75 bits per heavy atom. The van der Waals surface area contributed by atoms with Crippen LogP contribution in [0.25, 0.3) is 0 Å². The first kappa shape index (κ1) is 13.5. The molecule has 16 heavy (non-hydrogen) atoms. The second kappa shape index (κ2) is 6.23. The highest BCUT2D eigenvalue weighted by molar-refractivity contribution is 7.16. The Hall–Kier alpha value is -0.580. The number of carbonyl (C=O) groups excluding carboxylic acids is 1. The molecular formula is C11H16ClNO2S. The molecule has 0 bridgehead atoms. The Kier molecular flexibility index (Phi) is 5.25. The second-order valence-electron chi connectivity index (χ2n) is 3.92. The van der Waals surface area contributed by atoms with Crippen molar-refractivity contribution in [2.75, 3.05) is 0 Å². The van der Waals surface area contributed by atoms with Crippen molar-refractivity contribution in [1.29, 1.82) is 0 Å². The minimum atomic E-state index is -0.601. The third kappa shape index (κ3) is 4.51. The fourth-order valence-electron chi connectivity index (χ4n) is 1.31. The van der Waals surface area contributed by atoms with Crippen LogP contribution in [0.1, 0.15) is 37.7 Å². The van der Waals surface area contributed by atoms with E-state index in [4.69, 9.17) is 11.6 Å². The molecule has 1 unspecified atom stereocenters. The van der Waals surface area contributed by atoms with Crippen LogP contribution in [-0.2, 0) is 4.79 Å². The zero-order valence-corrected chi connectivity index (χ0v) is 10.9. The fraction of sp³-hybridized carbons (Fsp3) is 0.545. The third-order valence-corrected chi connectivity index (χ3v) is 3.35. The molecule has 0 aliphatic heterocycles. The Labute approximate surface area is 104 Å². The third-order valence-electron chi connectivity index (χ3n) is 2.02. The highest BCUT2D eigenvalue weighted by Crippen LogP contribution is 2.29. The van der Waals surface area contributed by atoms with E-state index in [2.05, 4.69) is 5.32 Å². The molecule has 1 aromatic rings. The van der Waals surface area contributed by atoms with E-state index in [1.165, 1.54) is 11.3 Å². The van der Waals surface area contributed by atoms with Gasteiger partial charge in [0.2, 0.25) is 5.91 Å². The molecule has 0 saturated heterocycles. The number of halogens is 1. The zero-order valence-electron chi connectivity index (χ0n) is 9.37. The maximum absolute atomic E-state index is 11.3. The summed E-state index contributed by atoms with van der Waals surface area (Å²) < 4.78 is 0.653. The molecule has 0 radical (unpaired) electrons. The number of aliphatic hydroxyl groups excluding tert-OH is 1. The van der Waals surface area contributed by atoms with Gasteiger partial charge in [-0.2, -0.15) is 0 Å². The standard InChI is InChI=1S/C11H16ClNO2S/c1-7(2)13-11(15)6-3-8(14)9-4-5-10(12)16-9/h4-5,7-8,14H,3,6H2,1-2H3,(H,13,15). The molecule has 2 N–H and O–H groups in total. The van der Waals surface area contributed by atoms with Crippen LogP contribution < -0.4 is 5.32 Å². The molecule has 0 fully saturated rings. The van der Waals surface area contributed by atoms with E-state index >= 15 is 0 Å². The summed E-state index contributed by atoms with van der Waals surface area (Å²) in [4.78, 5) is 12.2. The minimum Gasteiger partial charge on any atom is -0.388 e. The molecule has 1 atom stereocenters. The largest absolute Gasteiger partial charge is 0.388 e. The van der Waals surface area contributed by atoms with E-state index in [9.17, 15) is 9.90 Å². The zero-order chi connectivity index (χ0) is 12.1. The lowest BCUT2D eigenvalue weighted by Crippen LogP contribution is -2.30. The van der Waals surface area contributed by atoms with Crippen molar-refractivity contribution in [2.24, 2.45) is 0 Å². The summed E-state index contributed by atoms with van der Waals surface area (Å²) in [6, 6.07) is 3.68. The van der Waals surface area contributed by atoms with Crippen molar-refractivity contribution in [3.8, 4) is 0 Å². The summed E-state index contributed by atoms with van der Waals surface area (Å²) in [7, 11) is 0. The number of amides is 1. The summed E-state index contributed by atoms with van der Waals surface area (Å²) in [6.07, 6.45) is 0.153. The molecule has 0 spiro atoms. The lowest BCUT2D eigenvalue weighted by atomic mass is 10.1.